The second kappa shape index (κ2) is 9.15. The normalized spacial score (nSPS) is 15.9. The predicted molar refractivity (Wildman–Crippen MR) is 103 cm³/mol. The van der Waals surface area contributed by atoms with Gasteiger partial charge >= 0.3 is 0 Å². The van der Waals surface area contributed by atoms with Crippen LogP contribution in [0, 0.1) is 0 Å². The van der Waals surface area contributed by atoms with Crippen LogP contribution in [0.1, 0.15) is 34.3 Å². The number of amides is 1. The number of benzene rings is 2. The van der Waals surface area contributed by atoms with E-state index in [0.717, 1.165) is 38.0 Å². The van der Waals surface area contributed by atoms with Gasteiger partial charge in [0.15, 0.2) is 0 Å². The van der Waals surface area contributed by atoms with Gasteiger partial charge in [0.1, 0.15) is 7.11 Å². The van der Waals surface area contributed by atoms with Gasteiger partial charge in [-0.2, -0.15) is 0 Å². The molecule has 3 rings (SSSR count). The van der Waals surface area contributed by atoms with E-state index >= 15 is 0 Å². The van der Waals surface area contributed by atoms with Gasteiger partial charge in [0.05, 0.1) is 6.21 Å². The van der Waals surface area contributed by atoms with Crippen LogP contribution >= 0.6 is 0 Å². The Labute approximate surface area is 154 Å². The first-order valence-corrected chi connectivity index (χ1v) is 8.98. The molecule has 0 saturated carbocycles. The SMILES string of the molecule is CO/N=C/c1ccc(C(=O)NC2CCN(Cc3ccccc3)CC2)cc1. The van der Waals surface area contributed by atoms with E-state index in [-0.39, 0.29) is 11.9 Å². The summed E-state index contributed by atoms with van der Waals surface area (Å²) in [5.74, 6) is -0.0123. The highest BCUT2D eigenvalue weighted by atomic mass is 16.6. The van der Waals surface area contributed by atoms with Gasteiger partial charge in [-0.15, -0.1) is 0 Å². The van der Waals surface area contributed by atoms with Crippen LogP contribution < -0.4 is 5.32 Å². The van der Waals surface area contributed by atoms with Crippen LogP contribution in [0.2, 0.25) is 0 Å². The van der Waals surface area contributed by atoms with Crippen LogP contribution in [0.3, 0.4) is 0 Å². The molecule has 0 spiro atoms. The lowest BCUT2D eigenvalue weighted by atomic mass is 10.0. The summed E-state index contributed by atoms with van der Waals surface area (Å²) in [7, 11) is 1.50. The van der Waals surface area contributed by atoms with E-state index in [2.05, 4.69) is 44.5 Å². The van der Waals surface area contributed by atoms with Gasteiger partial charge in [-0.1, -0.05) is 47.6 Å². The second-order valence-electron chi connectivity index (χ2n) is 6.55. The minimum atomic E-state index is -0.0123. The first-order chi connectivity index (χ1) is 12.7. The van der Waals surface area contributed by atoms with Gasteiger partial charge in [0.2, 0.25) is 0 Å². The standard InChI is InChI=1S/C21H25N3O2/c1-26-22-15-17-7-9-19(10-8-17)21(25)23-20-11-13-24(14-12-20)16-18-5-3-2-4-6-18/h2-10,15,20H,11-14,16H2,1H3,(H,23,25)/b22-15+. The third kappa shape index (κ3) is 5.17. The molecular weight excluding hydrogens is 326 g/mol. The van der Waals surface area contributed by atoms with Crippen molar-refractivity contribution in [2.24, 2.45) is 5.16 Å². The predicted octanol–water partition coefficient (Wildman–Crippen LogP) is 3.06. The van der Waals surface area contributed by atoms with Crippen LogP contribution in [0.15, 0.2) is 59.8 Å². The third-order valence-corrected chi connectivity index (χ3v) is 4.65. The lowest BCUT2D eigenvalue weighted by Gasteiger charge is -2.32. The lowest BCUT2D eigenvalue weighted by Crippen LogP contribution is -2.44. The monoisotopic (exact) mass is 351 g/mol. The van der Waals surface area contributed by atoms with Gasteiger partial charge in [-0.05, 0) is 36.1 Å². The zero-order valence-corrected chi connectivity index (χ0v) is 15.1. The fraction of sp³-hybridized carbons (Fsp3) is 0.333. The van der Waals surface area contributed by atoms with Crippen LogP contribution in [0.25, 0.3) is 0 Å². The van der Waals surface area contributed by atoms with E-state index in [9.17, 15) is 4.79 Å². The van der Waals surface area contributed by atoms with Gasteiger partial charge in [-0.3, -0.25) is 9.69 Å². The number of carbonyl (C=O) groups excluding carboxylic acids is 1. The molecule has 0 aliphatic carbocycles. The Bertz CT molecular complexity index is 721. The molecule has 1 heterocycles. The van der Waals surface area contributed by atoms with Crippen LogP contribution in [0.4, 0.5) is 0 Å². The first kappa shape index (κ1) is 18.1. The van der Waals surface area contributed by atoms with Crippen molar-refractivity contribution in [3.63, 3.8) is 0 Å². The molecule has 2 aromatic rings. The van der Waals surface area contributed by atoms with Crippen LogP contribution in [0.5, 0.6) is 0 Å². The topological polar surface area (TPSA) is 53.9 Å². The van der Waals surface area contributed by atoms with E-state index in [1.165, 1.54) is 12.7 Å². The molecule has 0 radical (unpaired) electrons. The van der Waals surface area contributed by atoms with Crippen molar-refractivity contribution >= 4 is 12.1 Å². The average Bonchev–Trinajstić information content (AvgIpc) is 2.69. The Balaban J connectivity index is 1.46. The molecular formula is C21H25N3O2. The molecule has 1 saturated heterocycles. The van der Waals surface area contributed by atoms with E-state index in [4.69, 9.17) is 0 Å². The number of oxime groups is 1. The molecule has 0 bridgehead atoms. The summed E-state index contributed by atoms with van der Waals surface area (Å²) >= 11 is 0. The number of likely N-dealkylation sites (tertiary alicyclic amines) is 1. The molecule has 136 valence electrons. The van der Waals surface area contributed by atoms with Crippen molar-refractivity contribution in [3.05, 3.63) is 71.3 Å². The maximum Gasteiger partial charge on any atom is 0.251 e. The van der Waals surface area contributed by atoms with Gasteiger partial charge in [0.25, 0.3) is 5.91 Å². The molecule has 1 fully saturated rings. The summed E-state index contributed by atoms with van der Waals surface area (Å²) in [6.45, 7) is 2.99. The number of rotatable bonds is 6. The molecule has 1 aliphatic heterocycles. The first-order valence-electron chi connectivity index (χ1n) is 8.98. The summed E-state index contributed by atoms with van der Waals surface area (Å²) in [5.41, 5.74) is 2.91. The molecule has 0 atom stereocenters. The summed E-state index contributed by atoms with van der Waals surface area (Å²) in [6.07, 6.45) is 3.58. The van der Waals surface area contributed by atoms with Crippen molar-refractivity contribution in [2.75, 3.05) is 20.2 Å². The highest BCUT2D eigenvalue weighted by molar-refractivity contribution is 5.95. The number of hydrogen-bond acceptors (Lipinski definition) is 4. The van der Waals surface area contributed by atoms with Crippen molar-refractivity contribution < 1.29 is 9.63 Å². The molecule has 1 N–H and O–H groups in total. The fourth-order valence-corrected chi connectivity index (χ4v) is 3.18. The lowest BCUT2D eigenvalue weighted by molar-refractivity contribution is 0.0909. The van der Waals surface area contributed by atoms with Gasteiger partial charge in [0, 0.05) is 31.2 Å². The van der Waals surface area contributed by atoms with Crippen molar-refractivity contribution in [1.82, 2.24) is 10.2 Å². The summed E-state index contributed by atoms with van der Waals surface area (Å²) in [6, 6.07) is 18.1. The number of nitrogens with one attached hydrogen (secondary N) is 1. The Hall–Kier alpha value is -2.66. The quantitative estimate of drug-likeness (QED) is 0.643. The van der Waals surface area contributed by atoms with Crippen LogP contribution in [-0.4, -0.2) is 43.3 Å². The van der Waals surface area contributed by atoms with Crippen molar-refractivity contribution in [1.29, 1.82) is 0 Å². The smallest absolute Gasteiger partial charge is 0.251 e. The molecule has 0 aromatic heterocycles. The van der Waals surface area contributed by atoms with Gasteiger partial charge in [-0.25, -0.2) is 0 Å². The molecule has 1 amide bonds. The zero-order chi connectivity index (χ0) is 18.2. The molecule has 26 heavy (non-hydrogen) atoms. The minimum absolute atomic E-state index is 0.0123. The molecule has 0 unspecified atom stereocenters. The van der Waals surface area contributed by atoms with Crippen molar-refractivity contribution in [2.45, 2.75) is 25.4 Å². The third-order valence-electron chi connectivity index (χ3n) is 4.65. The number of nitrogens with zero attached hydrogens (tertiary/aromatic N) is 2. The van der Waals surface area contributed by atoms with Crippen molar-refractivity contribution in [3.8, 4) is 0 Å². The molecule has 2 aromatic carbocycles. The molecule has 1 aliphatic rings. The second-order valence-corrected chi connectivity index (χ2v) is 6.55. The number of hydrogen-bond donors (Lipinski definition) is 1. The summed E-state index contributed by atoms with van der Waals surface area (Å²) in [5, 5.41) is 6.88. The number of piperidine rings is 1. The maximum atomic E-state index is 12.4. The largest absolute Gasteiger partial charge is 0.399 e. The Morgan fingerprint density at radius 2 is 1.85 bits per heavy atom. The van der Waals surface area contributed by atoms with E-state index < -0.39 is 0 Å². The Morgan fingerprint density at radius 3 is 2.50 bits per heavy atom. The van der Waals surface area contributed by atoms with Gasteiger partial charge < -0.3 is 10.2 Å². The summed E-state index contributed by atoms with van der Waals surface area (Å²) < 4.78 is 0. The highest BCUT2D eigenvalue weighted by Crippen LogP contribution is 2.14. The van der Waals surface area contributed by atoms with E-state index in [1.54, 1.807) is 6.21 Å². The maximum absolute atomic E-state index is 12.4. The Kier molecular flexibility index (Phi) is 6.39. The van der Waals surface area contributed by atoms with Crippen LogP contribution in [-0.2, 0) is 11.4 Å². The number of carbonyl (C=O) groups is 1. The van der Waals surface area contributed by atoms with E-state index in [1.807, 2.05) is 30.3 Å². The summed E-state index contributed by atoms with van der Waals surface area (Å²) in [4.78, 5) is 19.5. The highest BCUT2D eigenvalue weighted by Gasteiger charge is 2.21. The molecule has 5 nitrogen and oxygen atoms in total. The minimum Gasteiger partial charge on any atom is -0.399 e. The Morgan fingerprint density at radius 1 is 1.15 bits per heavy atom. The zero-order valence-electron chi connectivity index (χ0n) is 15.1. The van der Waals surface area contributed by atoms with E-state index in [0.29, 0.717) is 5.56 Å². The fourth-order valence-electron chi connectivity index (χ4n) is 3.18. The molecule has 5 heteroatoms. The average molecular weight is 351 g/mol.